The van der Waals surface area contributed by atoms with Crippen molar-refractivity contribution in [1.29, 1.82) is 0 Å². The van der Waals surface area contributed by atoms with Crippen molar-refractivity contribution in [2.75, 3.05) is 13.7 Å². The summed E-state index contributed by atoms with van der Waals surface area (Å²) in [5.41, 5.74) is 1.16. The Labute approximate surface area is 110 Å². The molecule has 3 heteroatoms. The van der Waals surface area contributed by atoms with E-state index >= 15 is 0 Å². The summed E-state index contributed by atoms with van der Waals surface area (Å²) >= 11 is 0. The fraction of sp³-hybridized carbons (Fsp3) is 0.533. The van der Waals surface area contributed by atoms with Gasteiger partial charge in [0.25, 0.3) is 0 Å². The normalized spacial score (nSPS) is 12.7. The van der Waals surface area contributed by atoms with Crippen LogP contribution in [0.15, 0.2) is 24.3 Å². The smallest absolute Gasteiger partial charge is 0.119 e. The number of aliphatic hydroxyl groups excluding tert-OH is 1. The van der Waals surface area contributed by atoms with Crippen LogP contribution in [0.25, 0.3) is 0 Å². The maximum atomic E-state index is 9.73. The number of ether oxygens (including phenoxy) is 1. The lowest BCUT2D eigenvalue weighted by Gasteiger charge is -2.13. The van der Waals surface area contributed by atoms with Crippen LogP contribution in [0, 0.1) is 12.3 Å². The molecule has 18 heavy (non-hydrogen) atoms. The first kappa shape index (κ1) is 15.0. The van der Waals surface area contributed by atoms with Crippen molar-refractivity contribution < 1.29 is 9.84 Å². The monoisotopic (exact) mass is 250 g/mol. The van der Waals surface area contributed by atoms with Crippen LogP contribution >= 0.6 is 0 Å². The molecule has 0 aliphatic carbocycles. The Morgan fingerprint density at radius 2 is 2.17 bits per heavy atom. The highest BCUT2D eigenvalue weighted by atomic mass is 16.5. The lowest BCUT2D eigenvalue weighted by molar-refractivity contribution is 0.195. The van der Waals surface area contributed by atoms with Gasteiger partial charge in [0, 0.05) is 13.1 Å². The van der Waals surface area contributed by atoms with Crippen molar-refractivity contribution in [3.05, 3.63) is 36.2 Å². The third-order valence-corrected chi connectivity index (χ3v) is 2.70. The summed E-state index contributed by atoms with van der Waals surface area (Å²) in [6, 6.07) is 7.93. The van der Waals surface area contributed by atoms with E-state index in [0.29, 0.717) is 12.5 Å². The maximum Gasteiger partial charge on any atom is 0.119 e. The summed E-state index contributed by atoms with van der Waals surface area (Å²) < 4.78 is 5.16. The molecule has 0 saturated carbocycles. The van der Waals surface area contributed by atoms with Gasteiger partial charge < -0.3 is 15.2 Å². The second-order valence-electron chi connectivity index (χ2n) is 4.92. The SMILES string of the molecule is COc1cccc(CNC[C@@H](O)[CH]CC(C)C)c1. The first-order chi connectivity index (χ1) is 8.61. The molecule has 0 spiro atoms. The van der Waals surface area contributed by atoms with Gasteiger partial charge >= 0.3 is 0 Å². The van der Waals surface area contributed by atoms with E-state index in [1.54, 1.807) is 7.11 Å². The Balaban J connectivity index is 2.24. The fourth-order valence-corrected chi connectivity index (χ4v) is 1.66. The van der Waals surface area contributed by atoms with Crippen molar-refractivity contribution >= 4 is 0 Å². The van der Waals surface area contributed by atoms with E-state index in [0.717, 1.165) is 24.3 Å². The van der Waals surface area contributed by atoms with Gasteiger partial charge in [-0.15, -0.1) is 0 Å². The molecular weight excluding hydrogens is 226 g/mol. The molecule has 1 aromatic carbocycles. The molecule has 0 fully saturated rings. The zero-order valence-electron chi connectivity index (χ0n) is 11.5. The average molecular weight is 250 g/mol. The largest absolute Gasteiger partial charge is 0.497 e. The summed E-state index contributed by atoms with van der Waals surface area (Å²) in [5.74, 6) is 1.46. The Bertz CT molecular complexity index is 339. The molecule has 0 aliphatic heterocycles. The van der Waals surface area contributed by atoms with Crippen molar-refractivity contribution in [2.45, 2.75) is 32.9 Å². The summed E-state index contributed by atoms with van der Waals surface area (Å²) in [6.45, 7) is 5.62. The molecule has 101 valence electrons. The quantitative estimate of drug-likeness (QED) is 0.744. The Hall–Kier alpha value is -1.06. The van der Waals surface area contributed by atoms with E-state index in [2.05, 4.69) is 19.2 Å². The minimum absolute atomic E-state index is 0.377. The second-order valence-corrected chi connectivity index (χ2v) is 4.92. The van der Waals surface area contributed by atoms with Gasteiger partial charge in [-0.3, -0.25) is 0 Å². The van der Waals surface area contributed by atoms with E-state index in [1.165, 1.54) is 0 Å². The van der Waals surface area contributed by atoms with Gasteiger partial charge in [0.2, 0.25) is 0 Å². The van der Waals surface area contributed by atoms with Crippen molar-refractivity contribution in [2.24, 2.45) is 5.92 Å². The minimum Gasteiger partial charge on any atom is -0.497 e. The number of hydrogen-bond acceptors (Lipinski definition) is 3. The summed E-state index contributed by atoms with van der Waals surface area (Å²) in [5, 5.41) is 13.0. The molecule has 0 amide bonds. The number of nitrogens with one attached hydrogen (secondary N) is 1. The minimum atomic E-state index is -0.377. The number of rotatable bonds is 8. The van der Waals surface area contributed by atoms with E-state index < -0.39 is 0 Å². The zero-order valence-corrected chi connectivity index (χ0v) is 11.5. The van der Waals surface area contributed by atoms with Crippen LogP contribution in [0.4, 0.5) is 0 Å². The first-order valence-corrected chi connectivity index (χ1v) is 6.47. The van der Waals surface area contributed by atoms with Crippen molar-refractivity contribution in [1.82, 2.24) is 5.32 Å². The predicted octanol–water partition coefficient (Wildman–Crippen LogP) is 2.40. The second kappa shape index (κ2) is 8.11. The first-order valence-electron chi connectivity index (χ1n) is 6.47. The van der Waals surface area contributed by atoms with Crippen LogP contribution in [0.1, 0.15) is 25.8 Å². The summed E-state index contributed by atoms with van der Waals surface area (Å²) in [7, 11) is 1.66. The van der Waals surface area contributed by atoms with Crippen LogP contribution in [-0.4, -0.2) is 24.9 Å². The van der Waals surface area contributed by atoms with E-state index in [4.69, 9.17) is 4.74 Å². The molecule has 3 nitrogen and oxygen atoms in total. The fourth-order valence-electron chi connectivity index (χ4n) is 1.66. The Kier molecular flexibility index (Phi) is 6.76. The molecule has 0 aromatic heterocycles. The third-order valence-electron chi connectivity index (χ3n) is 2.70. The molecule has 0 saturated heterocycles. The maximum absolute atomic E-state index is 9.73. The van der Waals surface area contributed by atoms with Crippen LogP contribution < -0.4 is 10.1 Å². The van der Waals surface area contributed by atoms with E-state index in [9.17, 15) is 5.11 Å². The number of benzene rings is 1. The molecule has 0 bridgehead atoms. The molecule has 1 radical (unpaired) electrons. The van der Waals surface area contributed by atoms with Crippen LogP contribution in [0.3, 0.4) is 0 Å². The van der Waals surface area contributed by atoms with E-state index in [-0.39, 0.29) is 6.10 Å². The number of aliphatic hydroxyl groups is 1. The number of methoxy groups -OCH3 is 1. The van der Waals surface area contributed by atoms with Crippen molar-refractivity contribution in [3.8, 4) is 5.75 Å². The Morgan fingerprint density at radius 1 is 1.39 bits per heavy atom. The molecule has 0 aliphatic rings. The van der Waals surface area contributed by atoms with Crippen LogP contribution in [-0.2, 0) is 6.54 Å². The van der Waals surface area contributed by atoms with Gasteiger partial charge in [0.1, 0.15) is 5.75 Å². The lowest BCUT2D eigenvalue weighted by atomic mass is 10.1. The van der Waals surface area contributed by atoms with Gasteiger partial charge in [-0.2, -0.15) is 0 Å². The molecule has 0 unspecified atom stereocenters. The number of hydrogen-bond donors (Lipinski definition) is 2. The summed E-state index contributed by atoms with van der Waals surface area (Å²) in [6.07, 6.45) is 2.53. The third kappa shape index (κ3) is 6.03. The molecule has 0 heterocycles. The highest BCUT2D eigenvalue weighted by molar-refractivity contribution is 5.28. The van der Waals surface area contributed by atoms with Gasteiger partial charge in [0.15, 0.2) is 0 Å². The standard InChI is InChI=1S/C15H24NO2/c1-12(2)7-8-14(17)11-16-10-13-5-4-6-15(9-13)18-3/h4-6,8-9,12,14,16-17H,7,10-11H2,1-3H3/t14-/m0/s1. The van der Waals surface area contributed by atoms with Crippen molar-refractivity contribution in [3.63, 3.8) is 0 Å². The van der Waals surface area contributed by atoms with Gasteiger partial charge in [0.05, 0.1) is 13.2 Å². The Morgan fingerprint density at radius 3 is 2.83 bits per heavy atom. The molecule has 2 N–H and O–H groups in total. The molecule has 1 atom stereocenters. The molecular formula is C15H24NO2. The lowest BCUT2D eigenvalue weighted by Crippen LogP contribution is -2.27. The van der Waals surface area contributed by atoms with Gasteiger partial charge in [-0.25, -0.2) is 0 Å². The van der Waals surface area contributed by atoms with Crippen LogP contribution in [0.5, 0.6) is 5.75 Å². The predicted molar refractivity (Wildman–Crippen MR) is 74.5 cm³/mol. The topological polar surface area (TPSA) is 41.5 Å². The molecule has 1 rings (SSSR count). The van der Waals surface area contributed by atoms with Crippen LogP contribution in [0.2, 0.25) is 0 Å². The van der Waals surface area contributed by atoms with Gasteiger partial charge in [-0.1, -0.05) is 26.0 Å². The average Bonchev–Trinajstić information content (AvgIpc) is 2.36. The van der Waals surface area contributed by atoms with Gasteiger partial charge in [-0.05, 0) is 36.5 Å². The van der Waals surface area contributed by atoms with E-state index in [1.807, 2.05) is 30.7 Å². The zero-order chi connectivity index (χ0) is 13.4. The molecule has 1 aromatic rings. The highest BCUT2D eigenvalue weighted by Crippen LogP contribution is 2.12. The highest BCUT2D eigenvalue weighted by Gasteiger charge is 2.05. The summed E-state index contributed by atoms with van der Waals surface area (Å²) in [4.78, 5) is 0.